The summed E-state index contributed by atoms with van der Waals surface area (Å²) in [6, 6.07) is 0. The first kappa shape index (κ1) is 9.15. The first-order chi connectivity index (χ1) is 6.34. The smallest absolute Gasteiger partial charge is 0.206 e. The van der Waals surface area contributed by atoms with Crippen molar-refractivity contribution in [1.82, 2.24) is 10.2 Å². The Bertz CT molecular complexity index is 306. The van der Waals surface area contributed by atoms with Crippen LogP contribution in [0.5, 0.6) is 0 Å². The van der Waals surface area contributed by atoms with E-state index in [9.17, 15) is 0 Å². The van der Waals surface area contributed by atoms with Crippen molar-refractivity contribution in [2.24, 2.45) is 5.92 Å². The molecule has 0 unspecified atom stereocenters. The van der Waals surface area contributed by atoms with Gasteiger partial charge in [0.05, 0.1) is 0 Å². The molecule has 1 aliphatic carbocycles. The molecule has 1 N–H and O–H groups in total. The van der Waals surface area contributed by atoms with Crippen LogP contribution in [0.25, 0.3) is 0 Å². The summed E-state index contributed by atoms with van der Waals surface area (Å²) in [5, 5.41) is 11.8. The Hall–Kier alpha value is -0.420. The van der Waals surface area contributed by atoms with E-state index in [4.69, 9.17) is 0 Å². The largest absolute Gasteiger partial charge is 0.357 e. The molecule has 1 saturated carbocycles. The van der Waals surface area contributed by atoms with Crippen molar-refractivity contribution >= 4 is 32.4 Å². The van der Waals surface area contributed by atoms with E-state index < -0.39 is 0 Å². The number of halogens is 1. The molecule has 0 atom stereocenters. The van der Waals surface area contributed by atoms with E-state index in [1.807, 2.05) is 0 Å². The molecular weight excluding hydrogens is 250 g/mol. The molecule has 1 fully saturated rings. The highest BCUT2D eigenvalue weighted by Gasteiger charge is 2.16. The van der Waals surface area contributed by atoms with E-state index in [1.54, 1.807) is 0 Å². The number of allylic oxidation sites excluding steroid dienone is 1. The summed E-state index contributed by atoms with van der Waals surface area (Å²) in [4.78, 5) is 0. The van der Waals surface area contributed by atoms with Gasteiger partial charge in [-0.1, -0.05) is 23.5 Å². The van der Waals surface area contributed by atoms with Crippen LogP contribution in [0.4, 0.5) is 5.13 Å². The summed E-state index contributed by atoms with van der Waals surface area (Å²) in [7, 11) is 0. The van der Waals surface area contributed by atoms with Crippen molar-refractivity contribution in [2.75, 3.05) is 11.9 Å². The third-order valence-corrected chi connectivity index (χ3v) is 3.12. The molecular formula is C8H10BrN3S. The minimum atomic E-state index is 0.821. The summed E-state index contributed by atoms with van der Waals surface area (Å²) < 4.78 is 0.821. The van der Waals surface area contributed by atoms with E-state index in [0.717, 1.165) is 21.5 Å². The van der Waals surface area contributed by atoms with Crippen molar-refractivity contribution < 1.29 is 0 Å². The Balaban J connectivity index is 1.72. The van der Waals surface area contributed by atoms with Crippen molar-refractivity contribution in [1.29, 1.82) is 0 Å². The van der Waals surface area contributed by atoms with Crippen molar-refractivity contribution in [3.8, 4) is 0 Å². The average Bonchev–Trinajstić information content (AvgIpc) is 2.84. The number of nitrogens with one attached hydrogen (secondary N) is 1. The topological polar surface area (TPSA) is 37.8 Å². The van der Waals surface area contributed by atoms with Gasteiger partial charge in [0.15, 0.2) is 3.92 Å². The Labute approximate surface area is 89.4 Å². The van der Waals surface area contributed by atoms with Gasteiger partial charge in [-0.15, -0.1) is 10.2 Å². The Morgan fingerprint density at radius 3 is 3.00 bits per heavy atom. The zero-order valence-electron chi connectivity index (χ0n) is 7.03. The molecule has 2 rings (SSSR count). The highest BCUT2D eigenvalue weighted by Crippen LogP contribution is 2.29. The quantitative estimate of drug-likeness (QED) is 0.846. The molecule has 1 heterocycles. The predicted octanol–water partition coefficient (Wildman–Crippen LogP) is 2.68. The summed E-state index contributed by atoms with van der Waals surface area (Å²) in [6.07, 6.45) is 7.15. The summed E-state index contributed by atoms with van der Waals surface area (Å²) >= 11 is 4.77. The molecule has 0 aromatic carbocycles. The molecule has 1 aliphatic rings. The van der Waals surface area contributed by atoms with Crippen LogP contribution >= 0.6 is 27.3 Å². The van der Waals surface area contributed by atoms with Gasteiger partial charge in [-0.25, -0.2) is 0 Å². The maximum absolute atomic E-state index is 3.92. The summed E-state index contributed by atoms with van der Waals surface area (Å²) in [5.74, 6) is 0.850. The maximum Gasteiger partial charge on any atom is 0.206 e. The number of aromatic nitrogens is 2. The molecule has 1 aromatic heterocycles. The van der Waals surface area contributed by atoms with Crippen molar-refractivity contribution in [3.63, 3.8) is 0 Å². The molecule has 70 valence electrons. The molecule has 3 nitrogen and oxygen atoms in total. The lowest BCUT2D eigenvalue weighted by Gasteiger charge is -1.93. The van der Waals surface area contributed by atoms with Gasteiger partial charge in [0.25, 0.3) is 0 Å². The zero-order chi connectivity index (χ0) is 9.10. The second-order valence-corrected chi connectivity index (χ2v) is 5.26. The Kier molecular flexibility index (Phi) is 2.95. The number of anilines is 1. The third kappa shape index (κ3) is 3.08. The van der Waals surface area contributed by atoms with Crippen LogP contribution in [0.3, 0.4) is 0 Å². The molecule has 0 amide bonds. The van der Waals surface area contributed by atoms with Gasteiger partial charge in [-0.2, -0.15) is 0 Å². The maximum atomic E-state index is 3.92. The highest BCUT2D eigenvalue weighted by molar-refractivity contribution is 9.11. The van der Waals surface area contributed by atoms with Crippen LogP contribution in [0.1, 0.15) is 12.8 Å². The van der Waals surface area contributed by atoms with Crippen molar-refractivity contribution in [2.45, 2.75) is 12.8 Å². The first-order valence-electron chi connectivity index (χ1n) is 4.24. The molecule has 0 bridgehead atoms. The van der Waals surface area contributed by atoms with Crippen molar-refractivity contribution in [3.05, 3.63) is 16.1 Å². The first-order valence-corrected chi connectivity index (χ1v) is 5.85. The lowest BCUT2D eigenvalue weighted by Crippen LogP contribution is -1.97. The number of hydrogen-bond acceptors (Lipinski definition) is 4. The molecule has 0 saturated heterocycles. The monoisotopic (exact) mass is 259 g/mol. The molecule has 13 heavy (non-hydrogen) atoms. The molecule has 0 radical (unpaired) electrons. The van der Waals surface area contributed by atoms with E-state index in [-0.39, 0.29) is 0 Å². The van der Waals surface area contributed by atoms with Gasteiger partial charge in [0, 0.05) is 6.54 Å². The van der Waals surface area contributed by atoms with E-state index >= 15 is 0 Å². The van der Waals surface area contributed by atoms with Gasteiger partial charge >= 0.3 is 0 Å². The standard InChI is InChI=1S/C8H10BrN3S/c9-7-11-12-8(13-7)10-5-1-2-6-3-4-6/h1-2,6H,3-5H2,(H,10,12)/b2-1+. The minimum Gasteiger partial charge on any atom is -0.357 e. The van der Waals surface area contributed by atoms with Crippen LogP contribution in [0, 0.1) is 5.92 Å². The second kappa shape index (κ2) is 4.19. The van der Waals surface area contributed by atoms with Gasteiger partial charge in [-0.3, -0.25) is 0 Å². The van der Waals surface area contributed by atoms with Crippen LogP contribution in [-0.4, -0.2) is 16.7 Å². The van der Waals surface area contributed by atoms with Crippen LogP contribution < -0.4 is 5.32 Å². The van der Waals surface area contributed by atoms with E-state index in [1.165, 1.54) is 24.2 Å². The van der Waals surface area contributed by atoms with E-state index in [0.29, 0.717) is 0 Å². The van der Waals surface area contributed by atoms with Gasteiger partial charge < -0.3 is 5.32 Å². The van der Waals surface area contributed by atoms with Gasteiger partial charge in [-0.05, 0) is 34.7 Å². The fourth-order valence-electron chi connectivity index (χ4n) is 0.972. The van der Waals surface area contributed by atoms with Gasteiger partial charge in [0.2, 0.25) is 5.13 Å². The fourth-order valence-corrected chi connectivity index (χ4v) is 1.99. The fraction of sp³-hybridized carbons (Fsp3) is 0.500. The van der Waals surface area contributed by atoms with Crippen LogP contribution in [-0.2, 0) is 0 Å². The Morgan fingerprint density at radius 1 is 1.54 bits per heavy atom. The normalized spacial score (nSPS) is 16.7. The lowest BCUT2D eigenvalue weighted by atomic mass is 10.4. The van der Waals surface area contributed by atoms with Crippen LogP contribution in [0.15, 0.2) is 16.1 Å². The number of nitrogens with zero attached hydrogens (tertiary/aromatic N) is 2. The zero-order valence-corrected chi connectivity index (χ0v) is 9.44. The average molecular weight is 260 g/mol. The second-order valence-electron chi connectivity index (χ2n) is 3.01. The summed E-state index contributed by atoms with van der Waals surface area (Å²) in [5.41, 5.74) is 0. The van der Waals surface area contributed by atoms with Crippen LogP contribution in [0.2, 0.25) is 0 Å². The van der Waals surface area contributed by atoms with Gasteiger partial charge in [0.1, 0.15) is 0 Å². The molecule has 1 aromatic rings. The minimum absolute atomic E-state index is 0.821. The molecule has 0 aliphatic heterocycles. The molecule has 0 spiro atoms. The third-order valence-electron chi connectivity index (χ3n) is 1.80. The SMILES string of the molecule is Brc1nnc(NC/C=C/C2CC2)s1. The number of rotatable bonds is 4. The van der Waals surface area contributed by atoms with E-state index in [2.05, 4.69) is 43.6 Å². The Morgan fingerprint density at radius 2 is 2.38 bits per heavy atom. The number of hydrogen-bond donors (Lipinski definition) is 1. The highest BCUT2D eigenvalue weighted by atomic mass is 79.9. The summed E-state index contributed by atoms with van der Waals surface area (Å²) in [6.45, 7) is 0.845. The predicted molar refractivity (Wildman–Crippen MR) is 58.0 cm³/mol. The lowest BCUT2D eigenvalue weighted by molar-refractivity contribution is 1.06. The molecule has 5 heteroatoms.